The molecule has 1 fully saturated rings. The summed E-state index contributed by atoms with van der Waals surface area (Å²) in [5, 5.41) is 12.1. The molecule has 20 heavy (non-hydrogen) atoms. The Bertz CT molecular complexity index is 581. The Labute approximate surface area is 117 Å². The minimum Gasteiger partial charge on any atom is -0.481 e. The quantitative estimate of drug-likeness (QED) is 0.842. The molecule has 1 aromatic rings. The van der Waals surface area contributed by atoms with Gasteiger partial charge in [0.25, 0.3) is 0 Å². The van der Waals surface area contributed by atoms with Crippen LogP contribution in [0.5, 0.6) is 0 Å². The molecule has 0 amide bonds. The van der Waals surface area contributed by atoms with E-state index in [2.05, 4.69) is 5.32 Å². The van der Waals surface area contributed by atoms with Crippen LogP contribution in [0.1, 0.15) is 6.92 Å². The highest BCUT2D eigenvalue weighted by molar-refractivity contribution is 7.91. The third-order valence-corrected chi connectivity index (χ3v) is 5.09. The average Bonchev–Trinajstić information content (AvgIpc) is 2.88. The maximum absolute atomic E-state index is 11.7. The van der Waals surface area contributed by atoms with Crippen LogP contribution in [0.4, 0.5) is 5.69 Å². The van der Waals surface area contributed by atoms with Crippen LogP contribution < -0.4 is 5.32 Å². The van der Waals surface area contributed by atoms with Crippen molar-refractivity contribution in [3.05, 3.63) is 24.3 Å². The molecule has 2 rings (SSSR count). The number of nitrogens with one attached hydrogen (secondary N) is 1. The van der Waals surface area contributed by atoms with E-state index in [-0.39, 0.29) is 23.3 Å². The number of sulfone groups is 1. The van der Waals surface area contributed by atoms with Crippen LogP contribution in [0.3, 0.4) is 0 Å². The van der Waals surface area contributed by atoms with Gasteiger partial charge in [0.2, 0.25) is 0 Å². The van der Waals surface area contributed by atoms with Gasteiger partial charge in [-0.1, -0.05) is 6.92 Å². The van der Waals surface area contributed by atoms with Gasteiger partial charge in [0.15, 0.2) is 9.84 Å². The van der Waals surface area contributed by atoms with E-state index in [1.165, 1.54) is 12.1 Å². The lowest BCUT2D eigenvalue weighted by atomic mass is 10.0. The number of benzene rings is 1. The number of carbonyl (C=O) groups is 1. The van der Waals surface area contributed by atoms with Crippen molar-refractivity contribution in [1.82, 2.24) is 0 Å². The summed E-state index contributed by atoms with van der Waals surface area (Å²) < 4.78 is 28.5. The Balaban J connectivity index is 2.10. The van der Waals surface area contributed by atoms with Gasteiger partial charge in [-0.15, -0.1) is 0 Å². The molecule has 0 aliphatic carbocycles. The van der Waals surface area contributed by atoms with Crippen LogP contribution in [0, 0.1) is 5.92 Å². The van der Waals surface area contributed by atoms with Gasteiger partial charge in [0, 0.05) is 5.69 Å². The maximum Gasteiger partial charge on any atom is 0.311 e. The van der Waals surface area contributed by atoms with E-state index < -0.39 is 21.7 Å². The van der Waals surface area contributed by atoms with Gasteiger partial charge in [-0.25, -0.2) is 8.42 Å². The molecule has 0 aromatic heterocycles. The Morgan fingerprint density at radius 3 is 2.55 bits per heavy atom. The van der Waals surface area contributed by atoms with Crippen molar-refractivity contribution < 1.29 is 23.1 Å². The summed E-state index contributed by atoms with van der Waals surface area (Å²) in [7, 11) is -3.21. The average molecular weight is 299 g/mol. The van der Waals surface area contributed by atoms with Crippen LogP contribution in [-0.4, -0.2) is 44.5 Å². The molecule has 0 spiro atoms. The molecule has 1 aromatic carbocycles. The van der Waals surface area contributed by atoms with E-state index in [4.69, 9.17) is 9.84 Å². The number of carboxylic acids is 1. The Morgan fingerprint density at radius 2 is 2.00 bits per heavy atom. The van der Waals surface area contributed by atoms with E-state index in [0.29, 0.717) is 12.3 Å². The van der Waals surface area contributed by atoms with Crippen LogP contribution in [0.25, 0.3) is 0 Å². The number of hydrogen-bond acceptors (Lipinski definition) is 5. The van der Waals surface area contributed by atoms with E-state index >= 15 is 0 Å². The minimum absolute atomic E-state index is 0.0529. The number of ether oxygens (including phenoxy) is 1. The van der Waals surface area contributed by atoms with Gasteiger partial charge in [0.05, 0.1) is 29.9 Å². The number of anilines is 1. The SMILES string of the molecule is CCS(=O)(=O)c1ccc(NC2COCC2C(=O)O)cc1. The lowest BCUT2D eigenvalue weighted by Crippen LogP contribution is -2.33. The largest absolute Gasteiger partial charge is 0.481 e. The molecule has 110 valence electrons. The Hall–Kier alpha value is -1.60. The molecule has 1 aliphatic heterocycles. The number of hydrogen-bond donors (Lipinski definition) is 2. The Morgan fingerprint density at radius 1 is 1.35 bits per heavy atom. The van der Waals surface area contributed by atoms with Gasteiger partial charge < -0.3 is 15.2 Å². The van der Waals surface area contributed by atoms with Crippen molar-refractivity contribution in [2.45, 2.75) is 17.9 Å². The predicted molar refractivity (Wildman–Crippen MR) is 73.5 cm³/mol. The fourth-order valence-corrected chi connectivity index (χ4v) is 2.96. The highest BCUT2D eigenvalue weighted by Gasteiger charge is 2.33. The van der Waals surface area contributed by atoms with Crippen molar-refractivity contribution >= 4 is 21.5 Å². The molecule has 1 aliphatic rings. The minimum atomic E-state index is -3.21. The molecular formula is C13H17NO5S. The number of carboxylic acid groups (broad SMARTS) is 1. The molecular weight excluding hydrogens is 282 g/mol. The summed E-state index contributed by atoms with van der Waals surface area (Å²) in [6.45, 7) is 2.11. The van der Waals surface area contributed by atoms with Crippen LogP contribution in [0.2, 0.25) is 0 Å². The molecule has 0 radical (unpaired) electrons. The van der Waals surface area contributed by atoms with Crippen LogP contribution in [0.15, 0.2) is 29.2 Å². The first-order chi connectivity index (χ1) is 9.44. The van der Waals surface area contributed by atoms with Crippen molar-refractivity contribution in [2.24, 2.45) is 5.92 Å². The molecule has 1 saturated heterocycles. The van der Waals surface area contributed by atoms with Crippen molar-refractivity contribution in [3.8, 4) is 0 Å². The van der Waals surface area contributed by atoms with E-state index in [9.17, 15) is 13.2 Å². The molecule has 0 bridgehead atoms. The van der Waals surface area contributed by atoms with Crippen molar-refractivity contribution in [1.29, 1.82) is 0 Å². The molecule has 7 heteroatoms. The van der Waals surface area contributed by atoms with E-state index in [1.54, 1.807) is 19.1 Å². The second-order valence-electron chi connectivity index (χ2n) is 4.66. The zero-order valence-electron chi connectivity index (χ0n) is 11.1. The molecule has 6 nitrogen and oxygen atoms in total. The lowest BCUT2D eigenvalue weighted by molar-refractivity contribution is -0.141. The van der Waals surface area contributed by atoms with Crippen molar-refractivity contribution in [2.75, 3.05) is 24.3 Å². The van der Waals surface area contributed by atoms with Crippen molar-refractivity contribution in [3.63, 3.8) is 0 Å². The zero-order valence-corrected chi connectivity index (χ0v) is 11.9. The smallest absolute Gasteiger partial charge is 0.311 e. The molecule has 2 unspecified atom stereocenters. The van der Waals surface area contributed by atoms with Gasteiger partial charge >= 0.3 is 5.97 Å². The number of rotatable bonds is 5. The summed E-state index contributed by atoms with van der Waals surface area (Å²) in [5.74, 6) is -1.43. The van der Waals surface area contributed by atoms with Crippen LogP contribution >= 0.6 is 0 Å². The molecule has 2 atom stereocenters. The summed E-state index contributed by atoms with van der Waals surface area (Å²) in [6, 6.07) is 6.01. The highest BCUT2D eigenvalue weighted by atomic mass is 32.2. The second-order valence-corrected chi connectivity index (χ2v) is 6.94. The van der Waals surface area contributed by atoms with E-state index in [1.807, 2.05) is 0 Å². The predicted octanol–water partition coefficient (Wildman–Crippen LogP) is 0.992. The summed E-state index contributed by atoms with van der Waals surface area (Å²) in [6.07, 6.45) is 0. The molecule has 0 saturated carbocycles. The standard InChI is InChI=1S/C13H17NO5S/c1-2-20(17,18)10-5-3-9(4-6-10)14-12-8-19-7-11(12)13(15)16/h3-6,11-12,14H,2,7-8H2,1H3,(H,15,16). The van der Waals surface area contributed by atoms with Gasteiger partial charge in [-0.05, 0) is 24.3 Å². The first kappa shape index (κ1) is 14.8. The highest BCUT2D eigenvalue weighted by Crippen LogP contribution is 2.21. The normalized spacial score (nSPS) is 22.6. The first-order valence-electron chi connectivity index (χ1n) is 6.34. The number of aliphatic carboxylic acids is 1. The summed E-state index contributed by atoms with van der Waals surface area (Å²) in [4.78, 5) is 11.3. The summed E-state index contributed by atoms with van der Waals surface area (Å²) in [5.41, 5.74) is 0.682. The molecule has 2 N–H and O–H groups in total. The third-order valence-electron chi connectivity index (χ3n) is 3.34. The first-order valence-corrected chi connectivity index (χ1v) is 7.99. The fraction of sp³-hybridized carbons (Fsp3) is 0.462. The maximum atomic E-state index is 11.7. The van der Waals surface area contributed by atoms with Gasteiger partial charge in [-0.3, -0.25) is 4.79 Å². The zero-order chi connectivity index (χ0) is 14.8. The van der Waals surface area contributed by atoms with E-state index in [0.717, 1.165) is 0 Å². The Kier molecular flexibility index (Phi) is 4.29. The molecule has 1 heterocycles. The lowest BCUT2D eigenvalue weighted by Gasteiger charge is -2.17. The monoisotopic (exact) mass is 299 g/mol. The second kappa shape index (κ2) is 5.80. The van der Waals surface area contributed by atoms with Gasteiger partial charge in [-0.2, -0.15) is 0 Å². The summed E-state index contributed by atoms with van der Waals surface area (Å²) >= 11 is 0. The van der Waals surface area contributed by atoms with Crippen LogP contribution in [-0.2, 0) is 19.4 Å². The topological polar surface area (TPSA) is 92.7 Å². The third kappa shape index (κ3) is 3.10. The fourth-order valence-electron chi connectivity index (χ4n) is 2.08. The van der Waals surface area contributed by atoms with Gasteiger partial charge in [0.1, 0.15) is 5.92 Å².